The maximum absolute atomic E-state index is 15.2. The van der Waals surface area contributed by atoms with Crippen molar-refractivity contribution in [2.24, 2.45) is 31.3 Å². The topological polar surface area (TPSA) is 123 Å². The largest absolute Gasteiger partial charge is 0.497 e. The number of nitrogen functional groups attached to an aromatic ring is 1. The molecule has 6 rings (SSSR count). The van der Waals surface area contributed by atoms with E-state index in [1.807, 2.05) is 0 Å². The monoisotopic (exact) mass is 499 g/mol. The predicted octanol–water partition coefficient (Wildman–Crippen LogP) is 2.08. The average Bonchev–Trinajstić information content (AvgIpc) is 2.83. The van der Waals surface area contributed by atoms with Crippen LogP contribution < -0.4 is 21.7 Å². The molecule has 4 aliphatic carbocycles. The smallest absolute Gasteiger partial charge is 0.332 e. The Kier molecular flexibility index (Phi) is 5.61. The van der Waals surface area contributed by atoms with E-state index in [2.05, 4.69) is 0 Å². The molecule has 1 aromatic carbocycles. The minimum absolute atomic E-state index is 0.266. The van der Waals surface area contributed by atoms with Crippen LogP contribution in [0.25, 0.3) is 0 Å². The van der Waals surface area contributed by atoms with Gasteiger partial charge in [-0.25, -0.2) is 9.18 Å². The van der Waals surface area contributed by atoms with Crippen LogP contribution in [0.1, 0.15) is 54.4 Å². The maximum atomic E-state index is 15.2. The molecule has 4 saturated carbocycles. The van der Waals surface area contributed by atoms with E-state index in [1.165, 1.54) is 27.3 Å². The number of anilines is 1. The highest BCUT2D eigenvalue weighted by Gasteiger charge is 2.62. The Hall–Kier alpha value is -3.43. The van der Waals surface area contributed by atoms with E-state index in [0.29, 0.717) is 30.6 Å². The number of ether oxygens (including phenoxy) is 2. The summed E-state index contributed by atoms with van der Waals surface area (Å²) < 4.78 is 27.6. The number of Topliss-reactive ketones (excluding diaryl/α,β-unsaturated/α-hetero) is 1. The van der Waals surface area contributed by atoms with Crippen LogP contribution in [0.3, 0.4) is 0 Å². The summed E-state index contributed by atoms with van der Waals surface area (Å²) in [6.45, 7) is -0.655. The predicted molar refractivity (Wildman–Crippen MR) is 128 cm³/mol. The van der Waals surface area contributed by atoms with Crippen molar-refractivity contribution in [1.82, 2.24) is 9.13 Å². The van der Waals surface area contributed by atoms with Crippen molar-refractivity contribution in [2.75, 3.05) is 19.5 Å². The fourth-order valence-electron chi connectivity index (χ4n) is 7.35. The van der Waals surface area contributed by atoms with Crippen molar-refractivity contribution >= 4 is 17.6 Å². The Bertz CT molecular complexity index is 1380. The van der Waals surface area contributed by atoms with Crippen LogP contribution in [-0.4, -0.2) is 34.6 Å². The molecule has 4 fully saturated rings. The first kappa shape index (κ1) is 24.3. The number of carbonyl (C=O) groups excluding carboxylic acids is 2. The van der Waals surface area contributed by atoms with Crippen LogP contribution in [0, 0.1) is 23.1 Å². The van der Waals surface area contributed by atoms with Crippen molar-refractivity contribution in [2.45, 2.75) is 43.9 Å². The molecular formula is C26H30FN3O6. The minimum Gasteiger partial charge on any atom is -0.497 e. The lowest BCUT2D eigenvalue weighted by molar-refractivity contribution is -0.173. The molecule has 0 saturated heterocycles. The molecule has 0 spiro atoms. The number of esters is 1. The van der Waals surface area contributed by atoms with E-state index in [1.54, 1.807) is 12.1 Å². The lowest BCUT2D eigenvalue weighted by atomic mass is 9.43. The van der Waals surface area contributed by atoms with Crippen LogP contribution in [0.5, 0.6) is 5.75 Å². The second-order valence-electron chi connectivity index (χ2n) is 10.8. The van der Waals surface area contributed by atoms with Gasteiger partial charge in [-0.15, -0.1) is 0 Å². The van der Waals surface area contributed by atoms with Gasteiger partial charge in [-0.1, -0.05) is 6.07 Å². The molecule has 2 atom stereocenters. The number of benzene rings is 1. The molecule has 2 aromatic rings. The van der Waals surface area contributed by atoms with E-state index in [-0.39, 0.29) is 29.0 Å². The van der Waals surface area contributed by atoms with E-state index in [0.717, 1.165) is 28.4 Å². The summed E-state index contributed by atoms with van der Waals surface area (Å²) in [6, 6.07) is 4.90. The number of hydrogen-bond acceptors (Lipinski definition) is 7. The first-order chi connectivity index (χ1) is 17.0. The van der Waals surface area contributed by atoms with Crippen LogP contribution >= 0.6 is 0 Å². The summed E-state index contributed by atoms with van der Waals surface area (Å²) in [5.41, 5.74) is 3.32. The number of carbonyl (C=O) groups is 2. The SMILES string of the molecule is COc1ccc(C23C[C@H]4C[C@@H](CC(C(=O)OCC(=O)c5c(N)n(C)c(=O)n(C)c5=O)(C4)C2)C3)c(F)c1. The second kappa shape index (κ2) is 8.31. The molecule has 2 N–H and O–H groups in total. The number of hydrogen-bond donors (Lipinski definition) is 1. The zero-order chi connectivity index (χ0) is 26.0. The van der Waals surface area contributed by atoms with Gasteiger partial charge in [-0.2, -0.15) is 0 Å². The highest BCUT2D eigenvalue weighted by atomic mass is 19.1. The Morgan fingerprint density at radius 2 is 1.78 bits per heavy atom. The molecular weight excluding hydrogens is 469 g/mol. The summed E-state index contributed by atoms with van der Waals surface area (Å²) in [4.78, 5) is 50.9. The summed E-state index contributed by atoms with van der Waals surface area (Å²) in [5.74, 6) is -0.896. The summed E-state index contributed by atoms with van der Waals surface area (Å²) in [6.07, 6.45) is 4.35. The molecule has 0 amide bonds. The number of ketones is 1. The molecule has 0 radical (unpaired) electrons. The van der Waals surface area contributed by atoms with Gasteiger partial charge >= 0.3 is 11.7 Å². The number of nitrogens with two attached hydrogens (primary N) is 1. The van der Waals surface area contributed by atoms with Crippen molar-refractivity contribution in [1.29, 1.82) is 0 Å². The zero-order valence-electron chi connectivity index (χ0n) is 20.6. The Balaban J connectivity index is 1.40. The molecule has 36 heavy (non-hydrogen) atoms. The molecule has 9 nitrogen and oxygen atoms in total. The molecule has 4 bridgehead atoms. The third kappa shape index (κ3) is 3.57. The van der Waals surface area contributed by atoms with Gasteiger partial charge in [0.25, 0.3) is 5.56 Å². The van der Waals surface area contributed by atoms with Gasteiger partial charge in [-0.05, 0) is 67.4 Å². The number of aromatic nitrogens is 2. The lowest BCUT2D eigenvalue weighted by Gasteiger charge is -2.61. The minimum atomic E-state index is -0.833. The van der Waals surface area contributed by atoms with Gasteiger partial charge in [-0.3, -0.25) is 23.5 Å². The van der Waals surface area contributed by atoms with Gasteiger partial charge in [0.1, 0.15) is 22.9 Å². The zero-order valence-corrected chi connectivity index (χ0v) is 20.6. The Morgan fingerprint density at radius 3 is 2.39 bits per heavy atom. The standard InChI is InChI=1S/C26H30FN3O6/c1-29-21(28)20(22(32)30(2)24(29)34)19(31)12-36-23(33)26-10-14-6-15(11-26)9-25(8-14,13-26)17-5-4-16(35-3)7-18(17)27/h4-5,7,14-15H,6,8-13,28H2,1-3H3/t14-,15-,25?,26?/m1/s1. The van der Waals surface area contributed by atoms with Crippen molar-refractivity contribution in [3.63, 3.8) is 0 Å². The molecule has 4 aliphatic rings. The van der Waals surface area contributed by atoms with E-state index in [4.69, 9.17) is 15.2 Å². The van der Waals surface area contributed by atoms with Crippen LogP contribution in [0.4, 0.5) is 10.2 Å². The van der Waals surface area contributed by atoms with Gasteiger partial charge in [0, 0.05) is 20.2 Å². The van der Waals surface area contributed by atoms with Crippen LogP contribution in [-0.2, 0) is 29.0 Å². The van der Waals surface area contributed by atoms with Gasteiger partial charge < -0.3 is 15.2 Å². The highest BCUT2D eigenvalue weighted by molar-refractivity contribution is 6.01. The Labute approximate surface area is 207 Å². The lowest BCUT2D eigenvalue weighted by Crippen LogP contribution is -2.57. The fourth-order valence-corrected chi connectivity index (χ4v) is 7.35. The van der Waals surface area contributed by atoms with Crippen LogP contribution in [0.15, 0.2) is 27.8 Å². The number of nitrogens with zero attached hydrogens (tertiary/aromatic N) is 2. The summed E-state index contributed by atoms with van der Waals surface area (Å²) >= 11 is 0. The van der Waals surface area contributed by atoms with Crippen molar-refractivity contribution in [3.05, 3.63) is 56.0 Å². The van der Waals surface area contributed by atoms with E-state index < -0.39 is 40.4 Å². The molecule has 1 heterocycles. The van der Waals surface area contributed by atoms with E-state index in [9.17, 15) is 19.2 Å². The summed E-state index contributed by atoms with van der Waals surface area (Å²) in [7, 11) is 4.09. The number of rotatable bonds is 6. The normalized spacial score (nSPS) is 28.2. The molecule has 10 heteroatoms. The average molecular weight is 500 g/mol. The first-order valence-corrected chi connectivity index (χ1v) is 12.1. The third-order valence-corrected chi connectivity index (χ3v) is 8.56. The molecule has 192 valence electrons. The van der Waals surface area contributed by atoms with Crippen molar-refractivity contribution in [3.8, 4) is 5.75 Å². The summed E-state index contributed by atoms with van der Waals surface area (Å²) in [5, 5.41) is 0. The number of halogens is 1. The molecule has 0 aliphatic heterocycles. The second-order valence-corrected chi connectivity index (χ2v) is 10.8. The highest BCUT2D eigenvalue weighted by Crippen LogP contribution is 2.66. The first-order valence-electron chi connectivity index (χ1n) is 12.1. The fraction of sp³-hybridized carbons (Fsp3) is 0.538. The van der Waals surface area contributed by atoms with Gasteiger partial charge in [0.2, 0.25) is 5.78 Å². The van der Waals surface area contributed by atoms with Crippen molar-refractivity contribution < 1.29 is 23.5 Å². The molecule has 1 aromatic heterocycles. The number of methoxy groups -OCH3 is 1. The molecule has 0 unspecified atom stereocenters. The Morgan fingerprint density at radius 1 is 1.11 bits per heavy atom. The maximum Gasteiger partial charge on any atom is 0.332 e. The van der Waals surface area contributed by atoms with Gasteiger partial charge in [0.15, 0.2) is 6.61 Å². The van der Waals surface area contributed by atoms with Gasteiger partial charge in [0.05, 0.1) is 12.5 Å². The van der Waals surface area contributed by atoms with Crippen LogP contribution in [0.2, 0.25) is 0 Å². The van der Waals surface area contributed by atoms with E-state index >= 15 is 4.39 Å². The third-order valence-electron chi connectivity index (χ3n) is 8.56. The quantitative estimate of drug-likeness (QED) is 0.477.